The summed E-state index contributed by atoms with van der Waals surface area (Å²) in [5, 5.41) is 12.4. The summed E-state index contributed by atoms with van der Waals surface area (Å²) in [6.07, 6.45) is 4.18. The van der Waals surface area contributed by atoms with Gasteiger partial charge in [0.1, 0.15) is 0 Å². The van der Waals surface area contributed by atoms with Gasteiger partial charge in [0.15, 0.2) is 0 Å². The van der Waals surface area contributed by atoms with Crippen LogP contribution in [0.4, 0.5) is 0 Å². The lowest BCUT2D eigenvalue weighted by molar-refractivity contribution is -0.0695. The first-order valence-corrected chi connectivity index (χ1v) is 9.05. The Kier molecular flexibility index (Phi) is 5.56. The Morgan fingerprint density at radius 1 is 1.32 bits per heavy atom. The van der Waals surface area contributed by atoms with E-state index < -0.39 is 0 Å². The van der Waals surface area contributed by atoms with Gasteiger partial charge in [-0.25, -0.2) is 0 Å². The van der Waals surface area contributed by atoms with E-state index in [0.717, 1.165) is 38.5 Å². The molecule has 0 spiro atoms. The molecule has 3 rings (SSSR count). The molecule has 0 aliphatic carbocycles. The third-order valence-corrected chi connectivity index (χ3v) is 5.23. The molecule has 0 aromatic carbocycles. The van der Waals surface area contributed by atoms with Gasteiger partial charge in [0.2, 0.25) is 0 Å². The van der Waals surface area contributed by atoms with Crippen LogP contribution in [0.2, 0.25) is 0 Å². The maximum absolute atomic E-state index is 6.13. The number of hydrogen-bond donors (Lipinski definition) is 1. The van der Waals surface area contributed by atoms with Gasteiger partial charge in [-0.2, -0.15) is 10.2 Å². The Labute approximate surface area is 149 Å². The maximum Gasteiger partial charge on any atom is 0.0897 e. The van der Waals surface area contributed by atoms with E-state index >= 15 is 0 Å². The van der Waals surface area contributed by atoms with Gasteiger partial charge in [-0.15, -0.1) is 0 Å². The normalized spacial score (nSPS) is 21.8. The summed E-state index contributed by atoms with van der Waals surface area (Å²) >= 11 is 0. The quantitative estimate of drug-likeness (QED) is 0.855. The number of morpholine rings is 1. The summed E-state index contributed by atoms with van der Waals surface area (Å²) in [6, 6.07) is 0.246. The molecule has 25 heavy (non-hydrogen) atoms. The second-order valence-electron chi connectivity index (χ2n) is 6.83. The summed E-state index contributed by atoms with van der Waals surface area (Å²) in [5.74, 6) is 0. The molecule has 0 saturated carbocycles. The zero-order chi connectivity index (χ0) is 18.0. The smallest absolute Gasteiger partial charge is 0.0897 e. The molecule has 2 aromatic rings. The number of nitrogens with zero attached hydrogens (tertiary/aromatic N) is 5. The first-order chi connectivity index (χ1) is 12.0. The molecule has 3 heterocycles. The third kappa shape index (κ3) is 3.78. The van der Waals surface area contributed by atoms with Crippen molar-refractivity contribution in [2.75, 3.05) is 26.2 Å². The van der Waals surface area contributed by atoms with Gasteiger partial charge in [-0.3, -0.25) is 14.3 Å². The monoisotopic (exact) mass is 346 g/mol. The molecule has 1 fully saturated rings. The standard InChI is InChI=1S/C18H30N6O/c1-6-24-7-8-25-17(18(24)15-9-20-22(4)12-15)11-19-10-16-13(2)21-23(5)14(16)3/h9,12,17-19H,6-8,10-11H2,1-5H3/t17-,18-/m0/s1. The van der Waals surface area contributed by atoms with Gasteiger partial charge in [0.25, 0.3) is 0 Å². The molecule has 1 N–H and O–H groups in total. The van der Waals surface area contributed by atoms with E-state index in [0.29, 0.717) is 0 Å². The number of aromatic nitrogens is 4. The Morgan fingerprint density at radius 3 is 2.72 bits per heavy atom. The molecule has 0 unspecified atom stereocenters. The van der Waals surface area contributed by atoms with Crippen molar-refractivity contribution < 1.29 is 4.74 Å². The van der Waals surface area contributed by atoms with Crippen molar-refractivity contribution in [2.24, 2.45) is 14.1 Å². The van der Waals surface area contributed by atoms with E-state index in [1.54, 1.807) is 0 Å². The van der Waals surface area contributed by atoms with E-state index in [9.17, 15) is 0 Å². The average Bonchev–Trinajstić information content (AvgIpc) is 3.12. The lowest BCUT2D eigenvalue weighted by Crippen LogP contribution is -2.48. The molecule has 7 heteroatoms. The molecule has 1 aliphatic rings. The van der Waals surface area contributed by atoms with E-state index in [4.69, 9.17) is 4.74 Å². The lowest BCUT2D eigenvalue weighted by atomic mass is 10.0. The minimum atomic E-state index is 0.121. The molecule has 0 bridgehead atoms. The summed E-state index contributed by atoms with van der Waals surface area (Å²) in [4.78, 5) is 2.48. The minimum absolute atomic E-state index is 0.121. The van der Waals surface area contributed by atoms with Crippen LogP contribution in [0.1, 0.15) is 35.5 Å². The van der Waals surface area contributed by atoms with Crippen molar-refractivity contribution in [3.8, 4) is 0 Å². The number of nitrogens with one attached hydrogen (secondary N) is 1. The second-order valence-corrected chi connectivity index (χ2v) is 6.83. The first-order valence-electron chi connectivity index (χ1n) is 9.05. The van der Waals surface area contributed by atoms with Crippen LogP contribution in [-0.2, 0) is 25.4 Å². The van der Waals surface area contributed by atoms with E-state index in [1.165, 1.54) is 16.8 Å². The highest BCUT2D eigenvalue weighted by Gasteiger charge is 2.33. The van der Waals surface area contributed by atoms with Crippen LogP contribution in [0.3, 0.4) is 0 Å². The van der Waals surface area contributed by atoms with E-state index in [1.807, 2.05) is 29.7 Å². The molecule has 2 aromatic heterocycles. The van der Waals surface area contributed by atoms with Crippen molar-refractivity contribution >= 4 is 0 Å². The van der Waals surface area contributed by atoms with Crippen LogP contribution < -0.4 is 5.32 Å². The van der Waals surface area contributed by atoms with Crippen molar-refractivity contribution in [1.29, 1.82) is 0 Å². The maximum atomic E-state index is 6.13. The zero-order valence-electron chi connectivity index (χ0n) is 16.0. The van der Waals surface area contributed by atoms with Crippen LogP contribution >= 0.6 is 0 Å². The summed E-state index contributed by atoms with van der Waals surface area (Å²) in [5.41, 5.74) is 4.82. The zero-order valence-corrected chi connectivity index (χ0v) is 16.0. The van der Waals surface area contributed by atoms with Crippen molar-refractivity contribution in [2.45, 2.75) is 39.5 Å². The van der Waals surface area contributed by atoms with Gasteiger partial charge >= 0.3 is 0 Å². The SMILES string of the molecule is CCN1CCO[C@@H](CNCc2c(C)nn(C)c2C)[C@@H]1c1cnn(C)c1. The first kappa shape index (κ1) is 18.1. The highest BCUT2D eigenvalue weighted by atomic mass is 16.5. The van der Waals surface area contributed by atoms with Crippen LogP contribution in [0.5, 0.6) is 0 Å². The third-order valence-electron chi connectivity index (χ3n) is 5.23. The molecule has 0 amide bonds. The molecule has 138 valence electrons. The predicted molar refractivity (Wildman–Crippen MR) is 97.3 cm³/mol. The number of likely N-dealkylation sites (N-methyl/N-ethyl adjacent to an activating group) is 1. The molecular formula is C18H30N6O. The number of ether oxygens (including phenoxy) is 1. The minimum Gasteiger partial charge on any atom is -0.374 e. The molecule has 1 saturated heterocycles. The number of aryl methyl sites for hydroxylation is 3. The predicted octanol–water partition coefficient (Wildman–Crippen LogP) is 1.32. The Bertz CT molecular complexity index is 706. The number of rotatable bonds is 6. The van der Waals surface area contributed by atoms with Crippen molar-refractivity contribution in [3.05, 3.63) is 34.9 Å². The van der Waals surface area contributed by atoms with Gasteiger partial charge in [-0.1, -0.05) is 6.92 Å². The Morgan fingerprint density at radius 2 is 2.12 bits per heavy atom. The molecule has 1 aliphatic heterocycles. The van der Waals surface area contributed by atoms with Crippen LogP contribution in [0.15, 0.2) is 12.4 Å². The van der Waals surface area contributed by atoms with Gasteiger partial charge in [0, 0.05) is 56.7 Å². The van der Waals surface area contributed by atoms with Crippen molar-refractivity contribution in [1.82, 2.24) is 29.8 Å². The highest BCUT2D eigenvalue weighted by molar-refractivity contribution is 5.24. The molecule has 7 nitrogen and oxygen atoms in total. The molecular weight excluding hydrogens is 316 g/mol. The highest BCUT2D eigenvalue weighted by Crippen LogP contribution is 2.29. The Balaban J connectivity index is 1.68. The molecule has 2 atom stereocenters. The van der Waals surface area contributed by atoms with Gasteiger partial charge in [-0.05, 0) is 20.4 Å². The van der Waals surface area contributed by atoms with Gasteiger partial charge < -0.3 is 10.1 Å². The summed E-state index contributed by atoms with van der Waals surface area (Å²) in [7, 11) is 3.96. The average molecular weight is 346 g/mol. The molecule has 0 radical (unpaired) electrons. The second kappa shape index (κ2) is 7.68. The fourth-order valence-corrected chi connectivity index (χ4v) is 3.74. The van der Waals surface area contributed by atoms with E-state index in [2.05, 4.69) is 47.4 Å². The topological polar surface area (TPSA) is 60.1 Å². The lowest BCUT2D eigenvalue weighted by Gasteiger charge is -2.40. The van der Waals surface area contributed by atoms with Crippen LogP contribution in [0.25, 0.3) is 0 Å². The fraction of sp³-hybridized carbons (Fsp3) is 0.667. The largest absolute Gasteiger partial charge is 0.374 e. The van der Waals surface area contributed by atoms with E-state index in [-0.39, 0.29) is 12.1 Å². The van der Waals surface area contributed by atoms with Crippen LogP contribution in [-0.4, -0.2) is 56.8 Å². The van der Waals surface area contributed by atoms with Crippen molar-refractivity contribution in [3.63, 3.8) is 0 Å². The number of hydrogen-bond acceptors (Lipinski definition) is 5. The van der Waals surface area contributed by atoms with Gasteiger partial charge in [0.05, 0.1) is 30.6 Å². The van der Waals surface area contributed by atoms with Crippen LogP contribution in [0, 0.1) is 13.8 Å². The Hall–Kier alpha value is -1.70. The summed E-state index contributed by atoms with van der Waals surface area (Å²) < 4.78 is 9.94. The summed E-state index contributed by atoms with van der Waals surface area (Å²) in [6.45, 7) is 10.8. The fourth-order valence-electron chi connectivity index (χ4n) is 3.74.